The van der Waals surface area contributed by atoms with Crippen LogP contribution >= 0.6 is 0 Å². The molecule has 0 aliphatic heterocycles. The number of fused-ring (bicyclic) bond motifs is 1. The Balaban J connectivity index is 1.69. The van der Waals surface area contributed by atoms with E-state index in [1.165, 1.54) is 5.56 Å². The second-order valence-corrected chi connectivity index (χ2v) is 7.36. The van der Waals surface area contributed by atoms with E-state index in [1.807, 2.05) is 25.2 Å². The molecule has 0 bridgehead atoms. The highest BCUT2D eigenvalue weighted by Crippen LogP contribution is 2.34. The number of furan rings is 1. The lowest BCUT2D eigenvalue weighted by Gasteiger charge is -2.37. The van der Waals surface area contributed by atoms with Crippen LogP contribution in [0.4, 0.5) is 0 Å². The fourth-order valence-electron chi connectivity index (χ4n) is 4.00. The molecule has 1 saturated carbocycles. The Morgan fingerprint density at radius 1 is 1.32 bits per heavy atom. The maximum absolute atomic E-state index is 11.1. The third-order valence-electron chi connectivity index (χ3n) is 5.36. The van der Waals surface area contributed by atoms with Crippen LogP contribution < -0.4 is 0 Å². The summed E-state index contributed by atoms with van der Waals surface area (Å²) in [6.45, 7) is 3.34. The Morgan fingerprint density at radius 2 is 2.00 bits per heavy atom. The molecule has 2 N–H and O–H groups in total. The van der Waals surface area contributed by atoms with Gasteiger partial charge in [-0.1, -0.05) is 25.1 Å². The molecular formula is C20H27NO4. The summed E-state index contributed by atoms with van der Waals surface area (Å²) >= 11 is 0. The normalized spacial score (nSPS) is 24.1. The fraction of sp³-hybridized carbons (Fsp3) is 0.550. The average Bonchev–Trinajstić information content (AvgIpc) is 2.92. The Kier molecular flexibility index (Phi) is 5.16. The molecule has 25 heavy (non-hydrogen) atoms. The summed E-state index contributed by atoms with van der Waals surface area (Å²) in [4.78, 5) is 13.2. The van der Waals surface area contributed by atoms with Crippen LogP contribution in [-0.2, 0) is 17.8 Å². The van der Waals surface area contributed by atoms with E-state index in [9.17, 15) is 9.90 Å². The number of carboxylic acids is 1. The summed E-state index contributed by atoms with van der Waals surface area (Å²) in [6.07, 6.45) is 3.02. The number of hydrogen-bond acceptors (Lipinski definition) is 4. The maximum Gasteiger partial charge on any atom is 0.306 e. The zero-order valence-corrected chi connectivity index (χ0v) is 15.0. The number of para-hydroxylation sites is 1. The molecule has 1 heterocycles. The van der Waals surface area contributed by atoms with Crippen LogP contribution in [0.5, 0.6) is 0 Å². The molecule has 0 spiro atoms. The van der Waals surface area contributed by atoms with Crippen LogP contribution in [-0.4, -0.2) is 40.3 Å². The van der Waals surface area contributed by atoms with Gasteiger partial charge in [-0.25, -0.2) is 0 Å². The van der Waals surface area contributed by atoms with Crippen molar-refractivity contribution in [2.45, 2.75) is 51.2 Å². The van der Waals surface area contributed by atoms with Gasteiger partial charge in [0.15, 0.2) is 0 Å². The number of benzene rings is 1. The lowest BCUT2D eigenvalue weighted by molar-refractivity contribution is -0.145. The smallest absolute Gasteiger partial charge is 0.306 e. The van der Waals surface area contributed by atoms with E-state index >= 15 is 0 Å². The lowest BCUT2D eigenvalue weighted by atomic mass is 9.78. The molecule has 3 rings (SSSR count). The highest BCUT2D eigenvalue weighted by molar-refractivity contribution is 5.82. The third kappa shape index (κ3) is 3.88. The number of aliphatic hydroxyl groups is 1. The number of carbonyl (C=O) groups is 1. The molecule has 2 aromatic rings. The summed E-state index contributed by atoms with van der Waals surface area (Å²) in [7, 11) is 2.00. The van der Waals surface area contributed by atoms with E-state index in [2.05, 4.69) is 17.9 Å². The predicted octanol–water partition coefficient (Wildman–Crippen LogP) is 3.43. The van der Waals surface area contributed by atoms with E-state index in [0.29, 0.717) is 38.8 Å². The first-order valence-corrected chi connectivity index (χ1v) is 9.05. The minimum absolute atomic E-state index is 0.310. The molecule has 0 radical (unpaired) electrons. The zero-order valence-electron chi connectivity index (χ0n) is 15.0. The molecule has 0 unspecified atom stereocenters. The second-order valence-electron chi connectivity index (χ2n) is 7.36. The first kappa shape index (κ1) is 18.0. The van der Waals surface area contributed by atoms with Crippen LogP contribution in [0.1, 0.15) is 43.9 Å². The fourth-order valence-corrected chi connectivity index (χ4v) is 4.00. The van der Waals surface area contributed by atoms with Crippen LogP contribution in [0.15, 0.2) is 28.7 Å². The first-order valence-electron chi connectivity index (χ1n) is 9.05. The van der Waals surface area contributed by atoms with E-state index in [1.54, 1.807) is 0 Å². The predicted molar refractivity (Wildman–Crippen MR) is 96.5 cm³/mol. The summed E-state index contributed by atoms with van der Waals surface area (Å²) in [5, 5.41) is 21.1. The summed E-state index contributed by atoms with van der Waals surface area (Å²) in [5.74, 6) is -0.0578. The monoisotopic (exact) mass is 345 g/mol. The Bertz CT molecular complexity index is 743. The van der Waals surface area contributed by atoms with Crippen molar-refractivity contribution >= 4 is 16.9 Å². The maximum atomic E-state index is 11.1. The van der Waals surface area contributed by atoms with Gasteiger partial charge < -0.3 is 14.6 Å². The summed E-state index contributed by atoms with van der Waals surface area (Å²) in [5.41, 5.74) is 1.29. The molecule has 1 aromatic carbocycles. The molecule has 5 heteroatoms. The summed E-state index contributed by atoms with van der Waals surface area (Å²) in [6, 6.07) is 8.05. The van der Waals surface area contributed by atoms with Crippen molar-refractivity contribution in [3.8, 4) is 0 Å². The van der Waals surface area contributed by atoms with Gasteiger partial charge in [-0.15, -0.1) is 0 Å². The van der Waals surface area contributed by atoms with Crippen molar-refractivity contribution in [2.75, 3.05) is 13.6 Å². The number of carboxylic acid groups (broad SMARTS) is 1. The van der Waals surface area contributed by atoms with Crippen molar-refractivity contribution in [3.63, 3.8) is 0 Å². The van der Waals surface area contributed by atoms with Crippen molar-refractivity contribution < 1.29 is 19.4 Å². The molecule has 1 fully saturated rings. The van der Waals surface area contributed by atoms with E-state index in [-0.39, 0.29) is 5.92 Å². The molecule has 136 valence electrons. The number of nitrogens with zero attached hydrogens (tertiary/aromatic N) is 1. The molecule has 0 atom stereocenters. The van der Waals surface area contributed by atoms with Crippen LogP contribution in [0.3, 0.4) is 0 Å². The van der Waals surface area contributed by atoms with E-state index < -0.39 is 11.6 Å². The van der Waals surface area contributed by atoms with Crippen LogP contribution in [0.2, 0.25) is 0 Å². The molecule has 1 aliphatic carbocycles. The van der Waals surface area contributed by atoms with Gasteiger partial charge in [0, 0.05) is 30.5 Å². The van der Waals surface area contributed by atoms with Crippen molar-refractivity contribution in [2.24, 2.45) is 5.92 Å². The minimum atomic E-state index is -0.799. The second kappa shape index (κ2) is 7.18. The summed E-state index contributed by atoms with van der Waals surface area (Å²) < 4.78 is 5.95. The molecule has 0 amide bonds. The number of aryl methyl sites for hydroxylation is 1. The van der Waals surface area contributed by atoms with Gasteiger partial charge >= 0.3 is 5.97 Å². The highest BCUT2D eigenvalue weighted by Gasteiger charge is 2.36. The third-order valence-corrected chi connectivity index (χ3v) is 5.36. The largest absolute Gasteiger partial charge is 0.481 e. The first-order chi connectivity index (χ1) is 11.9. The quantitative estimate of drug-likeness (QED) is 0.839. The molecule has 0 saturated heterocycles. The van der Waals surface area contributed by atoms with E-state index in [0.717, 1.165) is 23.2 Å². The van der Waals surface area contributed by atoms with Crippen molar-refractivity contribution in [1.82, 2.24) is 4.90 Å². The van der Waals surface area contributed by atoms with Crippen LogP contribution in [0.25, 0.3) is 11.0 Å². The highest BCUT2D eigenvalue weighted by atomic mass is 16.4. The van der Waals surface area contributed by atoms with Gasteiger partial charge in [-0.3, -0.25) is 9.69 Å². The molecule has 1 aromatic heterocycles. The number of rotatable bonds is 6. The van der Waals surface area contributed by atoms with Gasteiger partial charge in [0.25, 0.3) is 0 Å². The zero-order chi connectivity index (χ0) is 18.0. The molecule has 1 aliphatic rings. The molecular weight excluding hydrogens is 318 g/mol. The number of aliphatic carboxylic acids is 1. The Morgan fingerprint density at radius 3 is 2.64 bits per heavy atom. The minimum Gasteiger partial charge on any atom is -0.481 e. The standard InChI is InChI=1S/C20H27NO4/c1-3-17-16(15-6-4-5-7-18(15)25-17)12-21(2)13-20(24)10-8-14(9-11-20)19(22)23/h4-7,14,24H,3,8-13H2,1-2H3,(H,22,23). The Labute approximate surface area is 148 Å². The van der Waals surface area contributed by atoms with Crippen LogP contribution in [0, 0.1) is 5.92 Å². The van der Waals surface area contributed by atoms with Gasteiger partial charge in [-0.2, -0.15) is 0 Å². The number of hydrogen-bond donors (Lipinski definition) is 2. The van der Waals surface area contributed by atoms with Gasteiger partial charge in [0.05, 0.1) is 11.5 Å². The van der Waals surface area contributed by atoms with Gasteiger partial charge in [-0.05, 0) is 38.8 Å². The van der Waals surface area contributed by atoms with Crippen molar-refractivity contribution in [1.29, 1.82) is 0 Å². The van der Waals surface area contributed by atoms with Crippen molar-refractivity contribution in [3.05, 3.63) is 35.6 Å². The van der Waals surface area contributed by atoms with Gasteiger partial charge in [0.1, 0.15) is 11.3 Å². The SMILES string of the molecule is CCc1oc2ccccc2c1CN(C)CC1(O)CCC(C(=O)O)CC1. The van der Waals surface area contributed by atoms with Gasteiger partial charge in [0.2, 0.25) is 0 Å². The Hall–Kier alpha value is -1.85. The lowest BCUT2D eigenvalue weighted by Crippen LogP contribution is -2.44. The molecule has 5 nitrogen and oxygen atoms in total. The number of likely N-dealkylation sites (N-methyl/N-ethyl adjacent to an activating group) is 1. The average molecular weight is 345 g/mol. The topological polar surface area (TPSA) is 73.9 Å². The van der Waals surface area contributed by atoms with E-state index in [4.69, 9.17) is 9.52 Å².